The summed E-state index contributed by atoms with van der Waals surface area (Å²) in [5.74, 6) is -0.637. The molecule has 4 aromatic rings. The van der Waals surface area contributed by atoms with Crippen LogP contribution in [0.5, 0.6) is 0 Å². The molecule has 1 aromatic heterocycles. The first-order valence-electron chi connectivity index (χ1n) is 13.3. The monoisotopic (exact) mass is 580 g/mol. The Morgan fingerprint density at radius 2 is 1.80 bits per heavy atom. The number of aromatic nitrogens is 1. The second kappa shape index (κ2) is 11.2. The highest BCUT2D eigenvalue weighted by molar-refractivity contribution is 7.92. The third kappa shape index (κ3) is 5.34. The maximum atomic E-state index is 13.8. The Bertz CT molecular complexity index is 1640. The molecular weight excluding hydrogens is 551 g/mol. The smallest absolute Gasteiger partial charge is 0.264 e. The molecule has 1 fully saturated rings. The normalized spacial score (nSPS) is 15.9. The lowest BCUT2D eigenvalue weighted by Crippen LogP contribution is -2.39. The van der Waals surface area contributed by atoms with Gasteiger partial charge in [0.25, 0.3) is 15.9 Å². The minimum absolute atomic E-state index is 0.134. The minimum Gasteiger partial charge on any atom is -0.379 e. The Morgan fingerprint density at radius 1 is 1.02 bits per heavy atom. The number of fused-ring (bicyclic) bond motifs is 2. The van der Waals surface area contributed by atoms with E-state index in [0.29, 0.717) is 59.3 Å². The number of benzene rings is 3. The minimum atomic E-state index is -3.77. The van der Waals surface area contributed by atoms with E-state index in [0.717, 1.165) is 31.6 Å². The lowest BCUT2D eigenvalue weighted by Gasteiger charge is -2.27. The van der Waals surface area contributed by atoms with Crippen LogP contribution in [0, 0.1) is 5.82 Å². The SMILES string of the molecule is O=C(c1ccc(S(=O)(=O)N2CCc3ccccc32)cc1)N(CCCN1CCOCC1)c1nc2ccc(F)cc2s1. The van der Waals surface area contributed by atoms with Gasteiger partial charge in [0.2, 0.25) is 0 Å². The second-order valence-electron chi connectivity index (χ2n) is 9.85. The third-order valence-electron chi connectivity index (χ3n) is 7.31. The van der Waals surface area contributed by atoms with Gasteiger partial charge in [-0.15, -0.1) is 0 Å². The number of nitrogens with zero attached hydrogens (tertiary/aromatic N) is 4. The molecule has 0 aliphatic carbocycles. The number of thiazole rings is 1. The number of morpholine rings is 1. The summed E-state index contributed by atoms with van der Waals surface area (Å²) in [6.07, 6.45) is 1.38. The first-order chi connectivity index (χ1) is 19.4. The average Bonchev–Trinajstić information content (AvgIpc) is 3.60. The van der Waals surface area contributed by atoms with E-state index in [2.05, 4.69) is 9.88 Å². The van der Waals surface area contributed by atoms with Crippen molar-refractivity contribution in [1.29, 1.82) is 0 Å². The topological polar surface area (TPSA) is 83.1 Å². The number of hydrogen-bond donors (Lipinski definition) is 0. The molecule has 8 nitrogen and oxygen atoms in total. The Kier molecular flexibility index (Phi) is 7.54. The van der Waals surface area contributed by atoms with Gasteiger partial charge in [0.1, 0.15) is 5.82 Å². The Morgan fingerprint density at radius 3 is 2.60 bits per heavy atom. The number of halogens is 1. The predicted octanol–water partition coefficient (Wildman–Crippen LogP) is 4.56. The maximum absolute atomic E-state index is 13.8. The molecule has 11 heteroatoms. The molecule has 0 N–H and O–H groups in total. The van der Waals surface area contributed by atoms with Crippen LogP contribution in [0.15, 0.2) is 71.6 Å². The molecule has 2 aliphatic heterocycles. The van der Waals surface area contributed by atoms with Gasteiger partial charge in [-0.2, -0.15) is 0 Å². The van der Waals surface area contributed by atoms with Gasteiger partial charge in [-0.3, -0.25) is 18.9 Å². The maximum Gasteiger partial charge on any atom is 0.264 e. The number of hydrogen-bond acceptors (Lipinski definition) is 7. The molecule has 1 amide bonds. The van der Waals surface area contributed by atoms with Crippen molar-refractivity contribution in [1.82, 2.24) is 9.88 Å². The zero-order valence-electron chi connectivity index (χ0n) is 21.8. The van der Waals surface area contributed by atoms with E-state index in [9.17, 15) is 17.6 Å². The van der Waals surface area contributed by atoms with Crippen molar-refractivity contribution in [2.45, 2.75) is 17.7 Å². The molecule has 0 unspecified atom stereocenters. The Labute approximate surface area is 236 Å². The van der Waals surface area contributed by atoms with Gasteiger partial charge < -0.3 is 4.74 Å². The number of sulfonamides is 1. The van der Waals surface area contributed by atoms with Crippen LogP contribution in [0.2, 0.25) is 0 Å². The zero-order chi connectivity index (χ0) is 27.7. The molecule has 0 radical (unpaired) electrons. The summed E-state index contributed by atoms with van der Waals surface area (Å²) in [7, 11) is -3.77. The standard InChI is InChI=1S/C29H29FN4O4S2/c30-23-8-11-25-27(20-23)39-29(31-25)33(14-3-13-32-16-18-38-19-17-32)28(35)22-6-9-24(10-7-22)40(36,37)34-15-12-21-4-1-2-5-26(21)34/h1-2,4-11,20H,3,12-19H2. The van der Waals surface area contributed by atoms with Gasteiger partial charge in [-0.05, 0) is 66.9 Å². The number of para-hydroxylation sites is 1. The van der Waals surface area contributed by atoms with Crippen LogP contribution in [-0.2, 0) is 21.2 Å². The van der Waals surface area contributed by atoms with Crippen LogP contribution in [0.1, 0.15) is 22.3 Å². The van der Waals surface area contributed by atoms with Crippen molar-refractivity contribution >= 4 is 48.3 Å². The highest BCUT2D eigenvalue weighted by Crippen LogP contribution is 2.33. The van der Waals surface area contributed by atoms with Crippen molar-refractivity contribution < 1.29 is 22.3 Å². The highest BCUT2D eigenvalue weighted by atomic mass is 32.2. The van der Waals surface area contributed by atoms with E-state index in [1.165, 1.54) is 39.9 Å². The zero-order valence-corrected chi connectivity index (χ0v) is 23.5. The fourth-order valence-corrected chi connectivity index (χ4v) is 7.69. The fraction of sp³-hybridized carbons (Fsp3) is 0.310. The quantitative estimate of drug-likeness (QED) is 0.304. The number of anilines is 2. The van der Waals surface area contributed by atoms with Gasteiger partial charge in [0, 0.05) is 38.3 Å². The number of ether oxygens (including phenoxy) is 1. The first-order valence-corrected chi connectivity index (χ1v) is 15.5. The molecule has 0 saturated carbocycles. The van der Waals surface area contributed by atoms with E-state index >= 15 is 0 Å². The van der Waals surface area contributed by atoms with E-state index in [1.54, 1.807) is 23.1 Å². The molecule has 3 aromatic carbocycles. The van der Waals surface area contributed by atoms with E-state index in [1.807, 2.05) is 24.3 Å². The number of amides is 1. The van der Waals surface area contributed by atoms with Crippen LogP contribution in [-0.4, -0.2) is 70.1 Å². The van der Waals surface area contributed by atoms with Gasteiger partial charge >= 0.3 is 0 Å². The second-order valence-corrected chi connectivity index (χ2v) is 12.7. The lowest BCUT2D eigenvalue weighted by atomic mass is 10.2. The third-order valence-corrected chi connectivity index (χ3v) is 10.2. The summed E-state index contributed by atoms with van der Waals surface area (Å²) in [5, 5.41) is 0.484. The van der Waals surface area contributed by atoms with Crippen LogP contribution in [0.25, 0.3) is 10.2 Å². The Balaban J connectivity index is 1.24. The molecule has 40 heavy (non-hydrogen) atoms. The van der Waals surface area contributed by atoms with Crippen LogP contribution < -0.4 is 9.21 Å². The molecule has 0 bridgehead atoms. The van der Waals surface area contributed by atoms with Gasteiger partial charge in [-0.25, -0.2) is 17.8 Å². The number of carbonyl (C=O) groups excluding carboxylic acids is 1. The molecule has 3 heterocycles. The largest absolute Gasteiger partial charge is 0.379 e. The van der Waals surface area contributed by atoms with Crippen LogP contribution in [0.3, 0.4) is 0 Å². The van der Waals surface area contributed by atoms with Crippen LogP contribution in [0.4, 0.5) is 15.2 Å². The first kappa shape index (κ1) is 26.8. The summed E-state index contributed by atoms with van der Waals surface area (Å²) in [6.45, 7) is 4.72. The van der Waals surface area contributed by atoms with E-state index in [-0.39, 0.29) is 16.6 Å². The molecule has 1 saturated heterocycles. The van der Waals surface area contributed by atoms with E-state index < -0.39 is 10.0 Å². The molecule has 0 atom stereocenters. The molecule has 208 valence electrons. The fourth-order valence-electron chi connectivity index (χ4n) is 5.17. The Hall–Kier alpha value is -3.38. The van der Waals surface area contributed by atoms with Crippen molar-refractivity contribution in [3.05, 3.63) is 83.7 Å². The van der Waals surface area contributed by atoms with Gasteiger partial charge in [0.15, 0.2) is 5.13 Å². The number of carbonyl (C=O) groups is 1. The number of rotatable bonds is 8. The summed E-state index contributed by atoms with van der Waals surface area (Å²) < 4.78 is 48.2. The summed E-state index contributed by atoms with van der Waals surface area (Å²) in [6, 6.07) is 18.0. The van der Waals surface area contributed by atoms with Gasteiger partial charge in [0.05, 0.1) is 34.0 Å². The van der Waals surface area contributed by atoms with Crippen molar-refractivity contribution in [3.8, 4) is 0 Å². The summed E-state index contributed by atoms with van der Waals surface area (Å²) in [5.41, 5.74) is 2.68. The predicted molar refractivity (Wildman–Crippen MR) is 154 cm³/mol. The molecule has 0 spiro atoms. The van der Waals surface area contributed by atoms with Crippen molar-refractivity contribution in [3.63, 3.8) is 0 Å². The van der Waals surface area contributed by atoms with Crippen molar-refractivity contribution in [2.75, 3.05) is 55.1 Å². The summed E-state index contributed by atoms with van der Waals surface area (Å²) >= 11 is 1.26. The highest BCUT2D eigenvalue weighted by Gasteiger charge is 2.31. The van der Waals surface area contributed by atoms with Crippen LogP contribution >= 0.6 is 11.3 Å². The average molecular weight is 581 g/mol. The van der Waals surface area contributed by atoms with Crippen molar-refractivity contribution in [2.24, 2.45) is 0 Å². The molecule has 6 rings (SSSR count). The lowest BCUT2D eigenvalue weighted by molar-refractivity contribution is 0.0376. The molecule has 2 aliphatic rings. The summed E-state index contributed by atoms with van der Waals surface area (Å²) in [4.78, 5) is 22.4. The van der Waals surface area contributed by atoms with E-state index in [4.69, 9.17) is 4.74 Å². The van der Waals surface area contributed by atoms with Gasteiger partial charge in [-0.1, -0.05) is 29.5 Å². The molecular formula is C29H29FN4O4S2.